The number of allylic oxidation sites excluding steroid dienone is 6. The minimum atomic E-state index is -0.793. The predicted octanol–water partition coefficient (Wildman–Crippen LogP) is 12.1. The summed E-state index contributed by atoms with van der Waals surface area (Å²) in [6, 6.07) is 0. The fourth-order valence-electron chi connectivity index (χ4n) is 5.42. The Bertz CT molecular complexity index is 741. The number of aliphatic hydroxyl groups excluding tert-OH is 1. The zero-order valence-electron chi connectivity index (χ0n) is 30.3. The van der Waals surface area contributed by atoms with E-state index in [1.165, 1.54) is 128 Å². The van der Waals surface area contributed by atoms with Gasteiger partial charge >= 0.3 is 11.9 Å². The number of rotatable bonds is 35. The molecule has 0 bridgehead atoms. The third-order valence-corrected chi connectivity index (χ3v) is 8.42. The summed E-state index contributed by atoms with van der Waals surface area (Å²) in [7, 11) is 0. The van der Waals surface area contributed by atoms with Crippen molar-refractivity contribution in [2.75, 3.05) is 13.2 Å². The minimum Gasteiger partial charge on any atom is -0.462 e. The summed E-state index contributed by atoms with van der Waals surface area (Å²) >= 11 is 0. The van der Waals surface area contributed by atoms with E-state index in [1.807, 2.05) is 6.08 Å². The van der Waals surface area contributed by atoms with Gasteiger partial charge in [-0.05, 0) is 57.8 Å². The Morgan fingerprint density at radius 3 is 1.39 bits per heavy atom. The summed E-state index contributed by atoms with van der Waals surface area (Å²) in [6.45, 7) is 4.07. The number of hydrogen-bond donors (Lipinski definition) is 1. The van der Waals surface area contributed by atoms with Crippen molar-refractivity contribution in [1.29, 1.82) is 0 Å². The van der Waals surface area contributed by atoms with Crippen LogP contribution in [-0.4, -0.2) is 36.4 Å². The van der Waals surface area contributed by atoms with Gasteiger partial charge in [0.2, 0.25) is 0 Å². The summed E-state index contributed by atoms with van der Waals surface area (Å²) in [5.41, 5.74) is 0. The number of hydrogen-bond acceptors (Lipinski definition) is 5. The molecule has 1 unspecified atom stereocenters. The van der Waals surface area contributed by atoms with Crippen molar-refractivity contribution < 1.29 is 24.2 Å². The molecule has 0 aromatic carbocycles. The van der Waals surface area contributed by atoms with E-state index in [-0.39, 0.29) is 31.6 Å². The highest BCUT2D eigenvalue weighted by Gasteiger charge is 2.15. The van der Waals surface area contributed by atoms with Gasteiger partial charge in [-0.1, -0.05) is 159 Å². The summed E-state index contributed by atoms with van der Waals surface area (Å²) in [4.78, 5) is 24.2. The molecule has 0 aliphatic carbocycles. The molecule has 1 N–H and O–H groups in total. The lowest BCUT2D eigenvalue weighted by molar-refractivity contribution is -0.161. The second kappa shape index (κ2) is 37.6. The van der Waals surface area contributed by atoms with Crippen molar-refractivity contribution in [3.63, 3.8) is 0 Å². The molecule has 0 aliphatic heterocycles. The molecule has 0 rings (SSSR count). The first-order chi connectivity index (χ1) is 22.6. The third kappa shape index (κ3) is 35.0. The van der Waals surface area contributed by atoms with Crippen molar-refractivity contribution in [2.45, 2.75) is 200 Å². The van der Waals surface area contributed by atoms with E-state index in [9.17, 15) is 14.7 Å². The molecule has 5 nitrogen and oxygen atoms in total. The fraction of sp³-hybridized carbons (Fsp3) is 0.805. The summed E-state index contributed by atoms with van der Waals surface area (Å²) in [5, 5.41) is 9.53. The van der Waals surface area contributed by atoms with Crippen LogP contribution in [0.15, 0.2) is 36.5 Å². The number of esters is 2. The van der Waals surface area contributed by atoms with Gasteiger partial charge in [-0.2, -0.15) is 0 Å². The van der Waals surface area contributed by atoms with Crippen molar-refractivity contribution in [2.24, 2.45) is 0 Å². The average molecular weight is 647 g/mol. The first-order valence-corrected chi connectivity index (χ1v) is 19.5. The molecule has 0 aliphatic rings. The molecular weight excluding hydrogens is 572 g/mol. The number of aliphatic hydroxyl groups is 1. The molecule has 0 radical (unpaired) electrons. The number of carbonyl (C=O) groups is 2. The molecular formula is C41H74O5. The van der Waals surface area contributed by atoms with Crippen LogP contribution >= 0.6 is 0 Å². The van der Waals surface area contributed by atoms with Crippen molar-refractivity contribution >= 4 is 11.9 Å². The predicted molar refractivity (Wildman–Crippen MR) is 196 cm³/mol. The Morgan fingerprint density at radius 1 is 0.500 bits per heavy atom. The minimum absolute atomic E-state index is 0.0969. The largest absolute Gasteiger partial charge is 0.462 e. The molecule has 46 heavy (non-hydrogen) atoms. The first-order valence-electron chi connectivity index (χ1n) is 19.5. The topological polar surface area (TPSA) is 72.8 Å². The van der Waals surface area contributed by atoms with Crippen LogP contribution in [0.2, 0.25) is 0 Å². The van der Waals surface area contributed by atoms with Gasteiger partial charge in [0.25, 0.3) is 0 Å². The van der Waals surface area contributed by atoms with E-state index in [4.69, 9.17) is 9.47 Å². The van der Waals surface area contributed by atoms with Crippen LogP contribution in [0.3, 0.4) is 0 Å². The Morgan fingerprint density at radius 2 is 0.913 bits per heavy atom. The van der Waals surface area contributed by atoms with E-state index < -0.39 is 6.10 Å². The zero-order valence-corrected chi connectivity index (χ0v) is 30.3. The van der Waals surface area contributed by atoms with Gasteiger partial charge in [0.1, 0.15) is 6.61 Å². The van der Waals surface area contributed by atoms with Gasteiger partial charge < -0.3 is 14.6 Å². The number of ether oxygens (including phenoxy) is 2. The third-order valence-electron chi connectivity index (χ3n) is 8.42. The molecule has 1 atom stereocenters. The Labute approximate surface area is 285 Å². The van der Waals surface area contributed by atoms with Crippen LogP contribution in [0.1, 0.15) is 194 Å². The lowest BCUT2D eigenvalue weighted by Crippen LogP contribution is -2.28. The monoisotopic (exact) mass is 647 g/mol. The molecule has 0 heterocycles. The molecule has 0 fully saturated rings. The molecule has 268 valence electrons. The normalized spacial score (nSPS) is 12.5. The molecule has 0 aromatic rings. The highest BCUT2D eigenvalue weighted by Crippen LogP contribution is 2.13. The summed E-state index contributed by atoms with van der Waals surface area (Å²) in [6.07, 6.45) is 45.0. The smallest absolute Gasteiger partial charge is 0.306 e. The molecule has 5 heteroatoms. The zero-order chi connectivity index (χ0) is 33.6. The van der Waals surface area contributed by atoms with Crippen LogP contribution in [-0.2, 0) is 19.1 Å². The molecule has 0 amide bonds. The van der Waals surface area contributed by atoms with Crippen molar-refractivity contribution in [3.8, 4) is 0 Å². The Hall–Kier alpha value is -1.88. The van der Waals surface area contributed by atoms with Crippen molar-refractivity contribution in [1.82, 2.24) is 0 Å². The van der Waals surface area contributed by atoms with Crippen LogP contribution < -0.4 is 0 Å². The SMILES string of the molecule is CCCCCCCC/C=C/C/C=C/CCC(=O)OCC(CO)OC(=O)CCCCCCCCC/C=C/CCCCCCCCCC. The quantitative estimate of drug-likeness (QED) is 0.0421. The van der Waals surface area contributed by atoms with E-state index >= 15 is 0 Å². The van der Waals surface area contributed by atoms with E-state index in [0.29, 0.717) is 12.8 Å². The van der Waals surface area contributed by atoms with Gasteiger partial charge in [0.05, 0.1) is 6.61 Å². The van der Waals surface area contributed by atoms with Crippen LogP contribution in [0.25, 0.3) is 0 Å². The second-order valence-corrected chi connectivity index (χ2v) is 13.0. The summed E-state index contributed by atoms with van der Waals surface area (Å²) < 4.78 is 10.5. The average Bonchev–Trinajstić information content (AvgIpc) is 3.06. The molecule has 0 aromatic heterocycles. The second-order valence-electron chi connectivity index (χ2n) is 13.0. The Balaban J connectivity index is 3.60. The van der Waals surface area contributed by atoms with Gasteiger partial charge in [-0.15, -0.1) is 0 Å². The van der Waals surface area contributed by atoms with Gasteiger partial charge in [-0.25, -0.2) is 0 Å². The van der Waals surface area contributed by atoms with Crippen LogP contribution in [0, 0.1) is 0 Å². The van der Waals surface area contributed by atoms with Gasteiger partial charge in [-0.3, -0.25) is 9.59 Å². The maximum atomic E-state index is 12.2. The molecule has 0 spiro atoms. The lowest BCUT2D eigenvalue weighted by Gasteiger charge is -2.15. The highest BCUT2D eigenvalue weighted by atomic mass is 16.6. The van der Waals surface area contributed by atoms with Gasteiger partial charge in [0, 0.05) is 12.8 Å². The Kier molecular flexibility index (Phi) is 36.0. The van der Waals surface area contributed by atoms with Crippen LogP contribution in [0.5, 0.6) is 0 Å². The fourth-order valence-corrected chi connectivity index (χ4v) is 5.42. The number of unbranched alkanes of at least 4 members (excludes halogenated alkanes) is 21. The van der Waals surface area contributed by atoms with Crippen molar-refractivity contribution in [3.05, 3.63) is 36.5 Å². The van der Waals surface area contributed by atoms with Crippen LogP contribution in [0.4, 0.5) is 0 Å². The lowest BCUT2D eigenvalue weighted by atomic mass is 10.1. The summed E-state index contributed by atoms with van der Waals surface area (Å²) in [5.74, 6) is -0.672. The van der Waals surface area contributed by atoms with E-state index in [0.717, 1.165) is 32.1 Å². The van der Waals surface area contributed by atoms with E-state index in [2.05, 4.69) is 44.2 Å². The highest BCUT2D eigenvalue weighted by molar-refractivity contribution is 5.70. The molecule has 0 saturated heterocycles. The molecule has 0 saturated carbocycles. The number of carbonyl (C=O) groups excluding carboxylic acids is 2. The maximum Gasteiger partial charge on any atom is 0.306 e. The first kappa shape index (κ1) is 44.1. The standard InChI is InChI=1S/C41H74O5/c1-3-5-7-9-11-13-15-17-18-19-20-21-22-24-26-28-30-32-34-36-41(44)46-39(37-42)38-45-40(43)35-33-31-29-27-25-23-16-14-12-10-8-6-4-2/h19-20,23,25,29,31,39,42H,3-18,21-22,24,26-28,30,32-38H2,1-2H3/b20-19+,25-23+,31-29+. The van der Waals surface area contributed by atoms with E-state index in [1.54, 1.807) is 0 Å². The van der Waals surface area contributed by atoms with Gasteiger partial charge in [0.15, 0.2) is 6.10 Å². The maximum absolute atomic E-state index is 12.2.